The Morgan fingerprint density at radius 1 is 1.40 bits per heavy atom. The third-order valence-corrected chi connectivity index (χ3v) is 1.05. The maximum atomic E-state index is 8.52. The predicted octanol–water partition coefficient (Wildman–Crippen LogP) is 0.790. The number of nitrogens with zero attached hydrogens (tertiary/aromatic N) is 2. The molecule has 0 bridgehead atoms. The van der Waals surface area contributed by atoms with Gasteiger partial charge in [-0.3, -0.25) is 5.32 Å². The first kappa shape index (κ1) is 8.94. The van der Waals surface area contributed by atoms with Crippen LogP contribution in [-0.4, -0.2) is 11.6 Å². The molecule has 0 aromatic heterocycles. The molecule has 10 heavy (non-hydrogen) atoms. The lowest BCUT2D eigenvalue weighted by Crippen LogP contribution is -2.42. The molecule has 0 aliphatic rings. The summed E-state index contributed by atoms with van der Waals surface area (Å²) in [5, 5.41) is 19.7. The average Bonchev–Trinajstić information content (AvgIpc) is 1.87. The summed E-state index contributed by atoms with van der Waals surface area (Å²) in [5.41, 5.74) is -0.602. The van der Waals surface area contributed by atoms with Gasteiger partial charge < -0.3 is 0 Å². The molecule has 0 rings (SSSR count). The zero-order valence-electron chi connectivity index (χ0n) is 6.47. The first-order valence-electron chi connectivity index (χ1n) is 3.10. The van der Waals surface area contributed by atoms with E-state index in [1.54, 1.807) is 20.8 Å². The highest BCUT2D eigenvalue weighted by atomic mass is 15.0. The van der Waals surface area contributed by atoms with Crippen molar-refractivity contribution in [2.24, 2.45) is 0 Å². The molecule has 0 amide bonds. The molecule has 54 valence electrons. The second-order valence-corrected chi connectivity index (χ2v) is 2.73. The second kappa shape index (κ2) is 3.20. The molecule has 1 N–H and O–H groups in total. The Morgan fingerprint density at radius 3 is 2.20 bits per heavy atom. The van der Waals surface area contributed by atoms with Crippen molar-refractivity contribution in [3.63, 3.8) is 0 Å². The fraction of sp³-hybridized carbons (Fsp3) is 0.714. The van der Waals surface area contributed by atoms with Crippen molar-refractivity contribution in [2.45, 2.75) is 32.4 Å². The fourth-order valence-corrected chi connectivity index (χ4v) is 0.606. The molecular formula is C7H11N3. The highest BCUT2D eigenvalue weighted by molar-refractivity contribution is 5.04. The third kappa shape index (κ3) is 3.06. The topological polar surface area (TPSA) is 59.6 Å². The normalized spacial score (nSPS) is 13.3. The zero-order chi connectivity index (χ0) is 8.20. The maximum absolute atomic E-state index is 8.52. The smallest absolute Gasteiger partial charge is 0.102 e. The van der Waals surface area contributed by atoms with Crippen molar-refractivity contribution in [3.05, 3.63) is 0 Å². The van der Waals surface area contributed by atoms with Crippen LogP contribution in [0.5, 0.6) is 0 Å². The van der Waals surface area contributed by atoms with Gasteiger partial charge >= 0.3 is 0 Å². The average molecular weight is 137 g/mol. The molecule has 0 radical (unpaired) electrons. The van der Waals surface area contributed by atoms with E-state index in [1.165, 1.54) is 0 Å². The van der Waals surface area contributed by atoms with Crippen molar-refractivity contribution in [2.75, 3.05) is 0 Å². The van der Waals surface area contributed by atoms with Crippen molar-refractivity contribution in [1.29, 1.82) is 10.5 Å². The Kier molecular flexibility index (Phi) is 2.86. The van der Waals surface area contributed by atoms with Gasteiger partial charge in [0.15, 0.2) is 0 Å². The van der Waals surface area contributed by atoms with Gasteiger partial charge in [0.1, 0.15) is 5.54 Å². The molecule has 1 atom stereocenters. The lowest BCUT2D eigenvalue weighted by Gasteiger charge is -2.18. The summed E-state index contributed by atoms with van der Waals surface area (Å²) in [4.78, 5) is 0. The minimum atomic E-state index is -0.602. The highest BCUT2D eigenvalue weighted by Gasteiger charge is 2.17. The van der Waals surface area contributed by atoms with Gasteiger partial charge in [-0.05, 0) is 20.8 Å². The van der Waals surface area contributed by atoms with Crippen molar-refractivity contribution >= 4 is 0 Å². The Morgan fingerprint density at radius 2 is 1.90 bits per heavy atom. The van der Waals surface area contributed by atoms with E-state index < -0.39 is 5.54 Å². The van der Waals surface area contributed by atoms with E-state index in [1.807, 2.05) is 12.1 Å². The van der Waals surface area contributed by atoms with Crippen LogP contribution in [0.3, 0.4) is 0 Å². The van der Waals surface area contributed by atoms with Gasteiger partial charge in [0.2, 0.25) is 0 Å². The summed E-state index contributed by atoms with van der Waals surface area (Å²) in [5.74, 6) is 0. The van der Waals surface area contributed by atoms with Crippen LogP contribution in [0, 0.1) is 22.7 Å². The molecule has 0 aliphatic carbocycles. The van der Waals surface area contributed by atoms with Crippen LogP contribution in [-0.2, 0) is 0 Å². The number of nitrogens with one attached hydrogen (secondary N) is 1. The monoisotopic (exact) mass is 137 g/mol. The lowest BCUT2D eigenvalue weighted by atomic mass is 10.1. The van der Waals surface area contributed by atoms with E-state index in [4.69, 9.17) is 10.5 Å². The summed E-state index contributed by atoms with van der Waals surface area (Å²) >= 11 is 0. The van der Waals surface area contributed by atoms with Gasteiger partial charge in [-0.1, -0.05) is 0 Å². The van der Waals surface area contributed by atoms with Gasteiger partial charge in [0, 0.05) is 0 Å². The van der Waals surface area contributed by atoms with Gasteiger partial charge in [0.25, 0.3) is 0 Å². The van der Waals surface area contributed by atoms with Crippen LogP contribution in [0.2, 0.25) is 0 Å². The Balaban J connectivity index is 3.95. The largest absolute Gasteiger partial charge is 0.285 e. The molecule has 0 saturated heterocycles. The quantitative estimate of drug-likeness (QED) is 0.612. The summed E-state index contributed by atoms with van der Waals surface area (Å²) in [6.07, 6.45) is 0. The van der Waals surface area contributed by atoms with Crippen molar-refractivity contribution in [3.8, 4) is 12.1 Å². The first-order chi connectivity index (χ1) is 4.52. The van der Waals surface area contributed by atoms with Crippen LogP contribution in [0.15, 0.2) is 0 Å². The summed E-state index contributed by atoms with van der Waals surface area (Å²) in [7, 11) is 0. The molecule has 0 spiro atoms. The van der Waals surface area contributed by atoms with E-state index in [0.29, 0.717) is 0 Å². The van der Waals surface area contributed by atoms with Crippen molar-refractivity contribution in [1.82, 2.24) is 5.32 Å². The van der Waals surface area contributed by atoms with E-state index >= 15 is 0 Å². The van der Waals surface area contributed by atoms with E-state index in [2.05, 4.69) is 5.32 Å². The molecule has 3 nitrogen and oxygen atoms in total. The summed E-state index contributed by atoms with van der Waals surface area (Å²) < 4.78 is 0. The highest BCUT2D eigenvalue weighted by Crippen LogP contribution is 1.99. The zero-order valence-corrected chi connectivity index (χ0v) is 6.47. The minimum Gasteiger partial charge on any atom is -0.285 e. The molecule has 3 heteroatoms. The maximum Gasteiger partial charge on any atom is 0.102 e. The number of hydrogen-bond acceptors (Lipinski definition) is 3. The number of nitriles is 2. The van der Waals surface area contributed by atoms with E-state index in [-0.39, 0.29) is 6.04 Å². The Labute approximate surface area is 61.3 Å². The van der Waals surface area contributed by atoms with Gasteiger partial charge in [-0.2, -0.15) is 10.5 Å². The van der Waals surface area contributed by atoms with Crippen LogP contribution in [0.25, 0.3) is 0 Å². The fourth-order valence-electron chi connectivity index (χ4n) is 0.606. The van der Waals surface area contributed by atoms with Crippen LogP contribution >= 0.6 is 0 Å². The number of rotatable bonds is 2. The van der Waals surface area contributed by atoms with Gasteiger partial charge in [0.05, 0.1) is 18.2 Å². The van der Waals surface area contributed by atoms with Crippen LogP contribution < -0.4 is 5.32 Å². The standard InChI is InChI=1S/C7H11N3/c1-6(4-8)10-7(2,3)5-9/h6,10H,1-3H3. The van der Waals surface area contributed by atoms with Crippen molar-refractivity contribution < 1.29 is 0 Å². The predicted molar refractivity (Wildman–Crippen MR) is 37.9 cm³/mol. The molecule has 0 heterocycles. The summed E-state index contributed by atoms with van der Waals surface area (Å²) in [6.45, 7) is 5.20. The number of hydrogen-bond donors (Lipinski definition) is 1. The van der Waals surface area contributed by atoms with Gasteiger partial charge in [-0.25, -0.2) is 0 Å². The Hall–Kier alpha value is -1.06. The first-order valence-corrected chi connectivity index (χ1v) is 3.10. The SMILES string of the molecule is CC(C#N)NC(C)(C)C#N. The molecule has 0 aromatic rings. The Bertz CT molecular complexity index is 182. The molecule has 1 unspecified atom stereocenters. The summed E-state index contributed by atoms with van der Waals surface area (Å²) in [6, 6.07) is 3.77. The van der Waals surface area contributed by atoms with E-state index in [9.17, 15) is 0 Å². The second-order valence-electron chi connectivity index (χ2n) is 2.73. The molecule has 0 aliphatic heterocycles. The lowest BCUT2D eigenvalue weighted by molar-refractivity contribution is 0.463. The molecule has 0 aromatic carbocycles. The third-order valence-electron chi connectivity index (χ3n) is 1.05. The molecule has 0 saturated carbocycles. The molecular weight excluding hydrogens is 126 g/mol. The van der Waals surface area contributed by atoms with Gasteiger partial charge in [-0.15, -0.1) is 0 Å². The van der Waals surface area contributed by atoms with Crippen LogP contribution in [0.4, 0.5) is 0 Å². The molecule has 0 fully saturated rings. The van der Waals surface area contributed by atoms with Crippen LogP contribution in [0.1, 0.15) is 20.8 Å². The van der Waals surface area contributed by atoms with E-state index in [0.717, 1.165) is 0 Å². The minimum absolute atomic E-state index is 0.269.